The molecule has 0 aliphatic carbocycles. The SMILES string of the molecule is CC1(CN)CCN(S(=O)(=O)c2cnc[nH]2)C1.Cl. The predicted molar refractivity (Wildman–Crippen MR) is 66.4 cm³/mol. The molecule has 2 rings (SSSR count). The van der Waals surface area contributed by atoms with Gasteiger partial charge in [0.05, 0.1) is 12.5 Å². The maximum atomic E-state index is 12.1. The third-order valence-electron chi connectivity index (χ3n) is 3.11. The van der Waals surface area contributed by atoms with Crippen LogP contribution >= 0.6 is 12.4 Å². The zero-order valence-electron chi connectivity index (χ0n) is 9.59. The van der Waals surface area contributed by atoms with Crippen molar-refractivity contribution in [3.8, 4) is 0 Å². The molecule has 3 N–H and O–H groups in total. The van der Waals surface area contributed by atoms with Gasteiger partial charge in [0.15, 0.2) is 5.03 Å². The van der Waals surface area contributed by atoms with Crippen molar-refractivity contribution in [2.45, 2.75) is 18.4 Å². The summed E-state index contributed by atoms with van der Waals surface area (Å²) in [6.07, 6.45) is 3.50. The summed E-state index contributed by atoms with van der Waals surface area (Å²) in [5, 5.41) is 0.147. The Balaban J connectivity index is 0.00000144. The Morgan fingerprint density at radius 1 is 1.65 bits per heavy atom. The molecule has 0 aromatic carbocycles. The van der Waals surface area contributed by atoms with Gasteiger partial charge in [-0.15, -0.1) is 12.4 Å². The van der Waals surface area contributed by atoms with Gasteiger partial charge >= 0.3 is 0 Å². The monoisotopic (exact) mass is 280 g/mol. The number of aromatic nitrogens is 2. The second kappa shape index (κ2) is 4.93. The predicted octanol–water partition coefficient (Wildman–Crippen LogP) is 0.191. The molecule has 1 saturated heterocycles. The molecular formula is C9H17ClN4O2S. The van der Waals surface area contributed by atoms with E-state index >= 15 is 0 Å². The first-order valence-electron chi connectivity index (χ1n) is 5.17. The molecule has 0 saturated carbocycles. The number of hydrogen-bond acceptors (Lipinski definition) is 4. The van der Waals surface area contributed by atoms with Gasteiger partial charge < -0.3 is 10.7 Å². The molecule has 1 atom stereocenters. The molecule has 1 fully saturated rings. The van der Waals surface area contributed by atoms with Gasteiger partial charge in [0.25, 0.3) is 10.0 Å². The number of hydrogen-bond donors (Lipinski definition) is 2. The lowest BCUT2D eigenvalue weighted by molar-refractivity contribution is 0.349. The molecule has 8 heteroatoms. The Morgan fingerprint density at radius 2 is 2.35 bits per heavy atom. The van der Waals surface area contributed by atoms with E-state index in [1.54, 1.807) is 0 Å². The number of sulfonamides is 1. The highest BCUT2D eigenvalue weighted by molar-refractivity contribution is 7.89. The molecule has 1 aromatic heterocycles. The van der Waals surface area contributed by atoms with Crippen LogP contribution in [-0.4, -0.2) is 42.3 Å². The van der Waals surface area contributed by atoms with Gasteiger partial charge in [-0.2, -0.15) is 4.31 Å². The Kier molecular flexibility index (Phi) is 4.19. The number of nitrogens with zero attached hydrogens (tertiary/aromatic N) is 2. The number of nitrogens with two attached hydrogens (primary N) is 1. The van der Waals surface area contributed by atoms with Gasteiger partial charge in [0.1, 0.15) is 0 Å². The molecule has 0 bridgehead atoms. The van der Waals surface area contributed by atoms with Crippen LogP contribution in [0.25, 0.3) is 0 Å². The zero-order chi connectivity index (χ0) is 11.8. The Morgan fingerprint density at radius 3 is 2.82 bits per heavy atom. The summed E-state index contributed by atoms with van der Waals surface area (Å²) < 4.78 is 25.7. The molecule has 0 spiro atoms. The molecule has 1 unspecified atom stereocenters. The van der Waals surface area contributed by atoms with Gasteiger partial charge in [0.2, 0.25) is 0 Å². The Labute approximate surface area is 107 Å². The number of H-pyrrole nitrogens is 1. The first kappa shape index (κ1) is 14.4. The maximum absolute atomic E-state index is 12.1. The van der Waals surface area contributed by atoms with Crippen LogP contribution < -0.4 is 5.73 Å². The third kappa shape index (κ3) is 2.62. The van der Waals surface area contributed by atoms with Crippen molar-refractivity contribution in [1.82, 2.24) is 14.3 Å². The fraction of sp³-hybridized carbons (Fsp3) is 0.667. The van der Waals surface area contributed by atoms with Crippen LogP contribution in [0.2, 0.25) is 0 Å². The summed E-state index contributed by atoms with van der Waals surface area (Å²) >= 11 is 0. The standard InChI is InChI=1S/C9H16N4O2S.ClH/c1-9(5-10)2-3-13(6-9)16(14,15)8-4-11-7-12-8;/h4,7H,2-3,5-6,10H2,1H3,(H,11,12);1H. The Hall–Kier alpha value is -0.630. The maximum Gasteiger partial charge on any atom is 0.260 e. The minimum atomic E-state index is -3.42. The van der Waals surface area contributed by atoms with Crippen molar-refractivity contribution >= 4 is 22.4 Å². The second-order valence-corrected chi connectivity index (χ2v) is 6.43. The smallest absolute Gasteiger partial charge is 0.260 e. The summed E-state index contributed by atoms with van der Waals surface area (Å²) in [6.45, 7) is 3.51. The highest BCUT2D eigenvalue weighted by Crippen LogP contribution is 2.31. The van der Waals surface area contributed by atoms with Crippen molar-refractivity contribution in [3.63, 3.8) is 0 Å². The topological polar surface area (TPSA) is 92.1 Å². The van der Waals surface area contributed by atoms with Crippen molar-refractivity contribution in [1.29, 1.82) is 0 Å². The van der Waals surface area contributed by atoms with Crippen LogP contribution in [0.3, 0.4) is 0 Å². The van der Waals surface area contributed by atoms with Crippen LogP contribution in [0.5, 0.6) is 0 Å². The normalized spacial score (nSPS) is 25.8. The van der Waals surface area contributed by atoms with Crippen molar-refractivity contribution < 1.29 is 8.42 Å². The minimum absolute atomic E-state index is 0. The zero-order valence-corrected chi connectivity index (χ0v) is 11.2. The van der Waals surface area contributed by atoms with E-state index in [0.717, 1.165) is 6.42 Å². The fourth-order valence-corrected chi connectivity index (χ4v) is 3.36. The molecule has 0 radical (unpaired) electrons. The van der Waals surface area contributed by atoms with E-state index in [2.05, 4.69) is 9.97 Å². The summed E-state index contributed by atoms with van der Waals surface area (Å²) in [5.74, 6) is 0. The van der Waals surface area contributed by atoms with Crippen LogP contribution in [0.15, 0.2) is 17.6 Å². The lowest BCUT2D eigenvalue weighted by atomic mass is 9.90. The molecule has 0 amide bonds. The van der Waals surface area contributed by atoms with Crippen LogP contribution in [0.4, 0.5) is 0 Å². The van der Waals surface area contributed by atoms with Crippen LogP contribution in [0, 0.1) is 5.41 Å². The van der Waals surface area contributed by atoms with E-state index in [1.807, 2.05) is 6.92 Å². The van der Waals surface area contributed by atoms with Crippen molar-refractivity contribution in [3.05, 3.63) is 12.5 Å². The first-order chi connectivity index (χ1) is 7.48. The van der Waals surface area contributed by atoms with Gasteiger partial charge in [-0.25, -0.2) is 13.4 Å². The molecule has 98 valence electrons. The van der Waals surface area contributed by atoms with Crippen LogP contribution in [-0.2, 0) is 10.0 Å². The lowest BCUT2D eigenvalue weighted by Crippen LogP contribution is -2.34. The summed E-state index contributed by atoms with van der Waals surface area (Å²) in [6, 6.07) is 0. The molecular weight excluding hydrogens is 264 g/mol. The minimum Gasteiger partial charge on any atom is -0.335 e. The van der Waals surface area contributed by atoms with Crippen molar-refractivity contribution in [2.75, 3.05) is 19.6 Å². The number of rotatable bonds is 3. The second-order valence-electron chi connectivity index (χ2n) is 4.52. The van der Waals surface area contributed by atoms with E-state index < -0.39 is 10.0 Å². The molecule has 1 aromatic rings. The number of halogens is 1. The van der Waals surface area contributed by atoms with E-state index in [-0.39, 0.29) is 22.8 Å². The van der Waals surface area contributed by atoms with Crippen LogP contribution in [0.1, 0.15) is 13.3 Å². The molecule has 2 heterocycles. The summed E-state index contributed by atoms with van der Waals surface area (Å²) in [7, 11) is -3.42. The van der Waals surface area contributed by atoms with Gasteiger partial charge in [0, 0.05) is 13.1 Å². The Bertz CT molecular complexity index is 461. The number of imidazole rings is 1. The number of aromatic amines is 1. The number of nitrogens with one attached hydrogen (secondary N) is 1. The third-order valence-corrected chi connectivity index (χ3v) is 4.88. The van der Waals surface area contributed by atoms with E-state index in [0.29, 0.717) is 19.6 Å². The molecule has 17 heavy (non-hydrogen) atoms. The first-order valence-corrected chi connectivity index (χ1v) is 6.61. The van der Waals surface area contributed by atoms with E-state index in [9.17, 15) is 8.42 Å². The van der Waals surface area contributed by atoms with Crippen molar-refractivity contribution in [2.24, 2.45) is 11.1 Å². The molecule has 6 nitrogen and oxygen atoms in total. The summed E-state index contributed by atoms with van der Waals surface area (Å²) in [4.78, 5) is 6.36. The highest BCUT2D eigenvalue weighted by atomic mass is 35.5. The average Bonchev–Trinajstić information content (AvgIpc) is 2.87. The largest absolute Gasteiger partial charge is 0.335 e. The average molecular weight is 281 g/mol. The lowest BCUT2D eigenvalue weighted by Gasteiger charge is -2.21. The van der Waals surface area contributed by atoms with Gasteiger partial charge in [-0.3, -0.25) is 0 Å². The molecule has 1 aliphatic rings. The fourth-order valence-electron chi connectivity index (χ4n) is 1.87. The van der Waals surface area contributed by atoms with Gasteiger partial charge in [-0.1, -0.05) is 6.92 Å². The van der Waals surface area contributed by atoms with E-state index in [4.69, 9.17) is 5.73 Å². The quantitative estimate of drug-likeness (QED) is 0.827. The van der Waals surface area contributed by atoms with Gasteiger partial charge in [-0.05, 0) is 18.4 Å². The highest BCUT2D eigenvalue weighted by Gasteiger charge is 2.39. The van der Waals surface area contributed by atoms with E-state index in [1.165, 1.54) is 16.8 Å². The molecule has 1 aliphatic heterocycles. The summed E-state index contributed by atoms with van der Waals surface area (Å²) in [5.41, 5.74) is 5.55.